The van der Waals surface area contributed by atoms with Crippen LogP contribution in [0.3, 0.4) is 0 Å². The van der Waals surface area contributed by atoms with Gasteiger partial charge < -0.3 is 10.6 Å². The van der Waals surface area contributed by atoms with E-state index < -0.39 is 0 Å². The Morgan fingerprint density at radius 3 is 1.85 bits per heavy atom. The van der Waals surface area contributed by atoms with Gasteiger partial charge in [-0.05, 0) is 39.0 Å². The molecule has 1 heterocycles. The molecule has 0 radical (unpaired) electrons. The average Bonchev–Trinajstić information content (AvgIpc) is 3.24. The molecule has 0 aromatic heterocycles. The topological polar surface area (TPSA) is 41.1 Å². The van der Waals surface area contributed by atoms with E-state index in [2.05, 4.69) is 56.0 Å². The second-order valence-corrected chi connectivity index (χ2v) is 10.5. The molecule has 0 saturated carbocycles. The molecule has 0 aliphatic carbocycles. The van der Waals surface area contributed by atoms with E-state index in [9.17, 15) is 4.79 Å². The van der Waals surface area contributed by atoms with Crippen LogP contribution in [0.2, 0.25) is 0 Å². The molecule has 0 aromatic rings. The highest BCUT2D eigenvalue weighted by Crippen LogP contribution is 2.26. The second kappa shape index (κ2) is 20.0. The predicted octanol–water partition coefficient (Wildman–Crippen LogP) is 8.30. The molecule has 3 unspecified atom stereocenters. The number of nitrogens with zero attached hydrogens (tertiary/aromatic N) is 1. The molecule has 3 atom stereocenters. The number of unbranched alkanes of at least 4 members (excludes halogenated alkanes) is 15. The molecule has 0 spiro atoms. The number of quaternary nitrogens is 1. The fourth-order valence-electron chi connectivity index (χ4n) is 5.39. The minimum atomic E-state index is 0.0541. The molecule has 1 rings (SSSR count). The van der Waals surface area contributed by atoms with Crippen LogP contribution < -0.4 is 10.6 Å². The lowest BCUT2D eigenvalue weighted by Crippen LogP contribution is -2.62. The third-order valence-corrected chi connectivity index (χ3v) is 7.64. The van der Waals surface area contributed by atoms with Crippen molar-refractivity contribution >= 4 is 5.91 Å². The first-order valence-electron chi connectivity index (χ1n) is 14.8. The van der Waals surface area contributed by atoms with Crippen LogP contribution in [0.4, 0.5) is 0 Å². The van der Waals surface area contributed by atoms with Crippen LogP contribution in [0.15, 0.2) is 24.6 Å². The Labute approximate surface area is 212 Å². The maximum atomic E-state index is 11.5. The van der Waals surface area contributed by atoms with Crippen LogP contribution in [0.25, 0.3) is 0 Å². The van der Waals surface area contributed by atoms with Gasteiger partial charge in [0.1, 0.15) is 6.20 Å². The van der Waals surface area contributed by atoms with Crippen molar-refractivity contribution in [2.45, 2.75) is 156 Å². The molecule has 0 saturated heterocycles. The maximum Gasteiger partial charge on any atom is 0.221 e. The number of carbonyl (C=O) groups is 1. The van der Waals surface area contributed by atoms with Crippen molar-refractivity contribution in [1.29, 1.82) is 0 Å². The van der Waals surface area contributed by atoms with Crippen molar-refractivity contribution in [3.63, 3.8) is 0 Å². The molecule has 1 aliphatic rings. The van der Waals surface area contributed by atoms with Crippen molar-refractivity contribution < 1.29 is 9.28 Å². The van der Waals surface area contributed by atoms with Gasteiger partial charge in [0.2, 0.25) is 5.91 Å². The standard InChI is InChI=1S/C30H57N3O/c1-5-7-8-9-10-11-12-13-14-15-16-17-18-19-20-21-22-23-24-25-30-31-26-27-33(30,6-2)28(3)32-29(4)34/h10-11,26-28,30-31H,5-9,12-25H2,1-4H3/p+1/b11-10+. The van der Waals surface area contributed by atoms with Crippen LogP contribution in [0.5, 0.6) is 0 Å². The lowest BCUT2D eigenvalue weighted by atomic mass is 10.0. The number of hydrogen-bond acceptors (Lipinski definition) is 2. The summed E-state index contributed by atoms with van der Waals surface area (Å²) in [7, 11) is 0. The Morgan fingerprint density at radius 2 is 1.35 bits per heavy atom. The maximum absolute atomic E-state index is 11.5. The predicted molar refractivity (Wildman–Crippen MR) is 148 cm³/mol. The van der Waals surface area contributed by atoms with Gasteiger partial charge in [0.25, 0.3) is 0 Å². The van der Waals surface area contributed by atoms with Crippen LogP contribution >= 0.6 is 0 Å². The van der Waals surface area contributed by atoms with Crippen molar-refractivity contribution in [2.75, 3.05) is 6.54 Å². The number of allylic oxidation sites excluding steroid dienone is 2. The summed E-state index contributed by atoms with van der Waals surface area (Å²) in [5.74, 6) is 0.0541. The molecule has 1 aliphatic heterocycles. The highest BCUT2D eigenvalue weighted by Gasteiger charge is 2.41. The molecule has 0 aromatic carbocycles. The third kappa shape index (κ3) is 13.0. The van der Waals surface area contributed by atoms with Crippen LogP contribution in [-0.2, 0) is 4.79 Å². The fourth-order valence-corrected chi connectivity index (χ4v) is 5.39. The van der Waals surface area contributed by atoms with E-state index >= 15 is 0 Å². The largest absolute Gasteiger partial charge is 0.338 e. The number of rotatable bonds is 22. The average molecular weight is 477 g/mol. The smallest absolute Gasteiger partial charge is 0.221 e. The normalized spacial score (nSPS) is 20.6. The molecule has 198 valence electrons. The molecule has 0 bridgehead atoms. The SMILES string of the molecule is CCCCC/C=C/CCCCCCCCCCCCCCC1NC=C[N+]1(CC)C(C)NC(C)=O. The van der Waals surface area contributed by atoms with Gasteiger partial charge in [-0.3, -0.25) is 9.28 Å². The van der Waals surface area contributed by atoms with Gasteiger partial charge in [0, 0.05) is 20.3 Å². The second-order valence-electron chi connectivity index (χ2n) is 10.5. The summed E-state index contributed by atoms with van der Waals surface area (Å²) in [6.07, 6.45) is 34.0. The Bertz CT molecular complexity index is 559. The van der Waals surface area contributed by atoms with Gasteiger partial charge in [-0.2, -0.15) is 0 Å². The molecule has 34 heavy (non-hydrogen) atoms. The van der Waals surface area contributed by atoms with Gasteiger partial charge in [-0.15, -0.1) is 0 Å². The van der Waals surface area contributed by atoms with E-state index in [4.69, 9.17) is 0 Å². The summed E-state index contributed by atoms with van der Waals surface area (Å²) in [4.78, 5) is 11.5. The summed E-state index contributed by atoms with van der Waals surface area (Å²) in [5, 5.41) is 6.66. The lowest BCUT2D eigenvalue weighted by molar-refractivity contribution is -0.923. The first-order valence-corrected chi connectivity index (χ1v) is 14.8. The Balaban J connectivity index is 1.94. The summed E-state index contributed by atoms with van der Waals surface area (Å²) in [5.41, 5.74) is 0. The quantitative estimate of drug-likeness (QED) is 0.0937. The summed E-state index contributed by atoms with van der Waals surface area (Å²) < 4.78 is 0.815. The molecule has 4 nitrogen and oxygen atoms in total. The minimum Gasteiger partial charge on any atom is -0.338 e. The number of nitrogens with one attached hydrogen (secondary N) is 2. The van der Waals surface area contributed by atoms with E-state index in [1.54, 1.807) is 6.92 Å². The zero-order valence-corrected chi connectivity index (χ0v) is 23.3. The van der Waals surface area contributed by atoms with Gasteiger partial charge in [0.05, 0.1) is 12.7 Å². The van der Waals surface area contributed by atoms with Crippen molar-refractivity contribution in [2.24, 2.45) is 0 Å². The molecular formula is C30H58N3O+. The molecular weight excluding hydrogens is 418 g/mol. The van der Waals surface area contributed by atoms with Crippen molar-refractivity contribution in [1.82, 2.24) is 10.6 Å². The summed E-state index contributed by atoms with van der Waals surface area (Å²) in [6.45, 7) is 9.22. The van der Waals surface area contributed by atoms with Crippen molar-refractivity contribution in [3.05, 3.63) is 24.6 Å². The Hall–Kier alpha value is -1.29. The Kier molecular flexibility index (Phi) is 18.0. The van der Waals surface area contributed by atoms with Crippen LogP contribution in [0.1, 0.15) is 143 Å². The zero-order chi connectivity index (χ0) is 24.9. The third-order valence-electron chi connectivity index (χ3n) is 7.64. The van der Waals surface area contributed by atoms with Gasteiger partial charge in [0.15, 0.2) is 12.3 Å². The summed E-state index contributed by atoms with van der Waals surface area (Å²) >= 11 is 0. The van der Waals surface area contributed by atoms with E-state index in [0.29, 0.717) is 6.17 Å². The van der Waals surface area contributed by atoms with Gasteiger partial charge in [-0.25, -0.2) is 0 Å². The molecule has 2 N–H and O–H groups in total. The highest BCUT2D eigenvalue weighted by molar-refractivity contribution is 5.72. The van der Waals surface area contributed by atoms with Crippen LogP contribution in [-0.4, -0.2) is 29.3 Å². The monoisotopic (exact) mass is 476 g/mol. The molecule has 0 fully saturated rings. The zero-order valence-electron chi connectivity index (χ0n) is 23.3. The van der Waals surface area contributed by atoms with E-state index in [1.807, 2.05) is 0 Å². The first-order chi connectivity index (χ1) is 16.6. The lowest BCUT2D eigenvalue weighted by Gasteiger charge is -2.41. The Morgan fingerprint density at radius 1 is 0.853 bits per heavy atom. The molecule has 4 heteroatoms. The molecule has 1 amide bonds. The number of amides is 1. The summed E-state index contributed by atoms with van der Waals surface area (Å²) in [6, 6.07) is 0. The fraction of sp³-hybridized carbons (Fsp3) is 0.833. The first kappa shape index (κ1) is 30.7. The van der Waals surface area contributed by atoms with E-state index in [1.165, 1.54) is 116 Å². The van der Waals surface area contributed by atoms with Gasteiger partial charge in [-0.1, -0.05) is 96.1 Å². The minimum absolute atomic E-state index is 0.0541. The van der Waals surface area contributed by atoms with Gasteiger partial charge >= 0.3 is 0 Å². The number of hydrogen-bond donors (Lipinski definition) is 2. The van der Waals surface area contributed by atoms with E-state index in [0.717, 1.165) is 11.0 Å². The van der Waals surface area contributed by atoms with Crippen LogP contribution in [0, 0.1) is 0 Å². The van der Waals surface area contributed by atoms with Crippen molar-refractivity contribution in [3.8, 4) is 0 Å². The highest BCUT2D eigenvalue weighted by atomic mass is 16.1. The number of carbonyl (C=O) groups excluding carboxylic acids is 1. The van der Waals surface area contributed by atoms with E-state index in [-0.39, 0.29) is 12.1 Å².